The summed E-state index contributed by atoms with van der Waals surface area (Å²) < 4.78 is 50.9. The molecule has 0 spiro atoms. The van der Waals surface area contributed by atoms with Crippen molar-refractivity contribution in [2.45, 2.75) is 18.4 Å². The molecule has 0 fully saturated rings. The number of halogens is 1. The number of ether oxygens (including phenoxy) is 2. The first kappa shape index (κ1) is 17.2. The lowest BCUT2D eigenvalue weighted by Crippen LogP contribution is -2.24. The highest BCUT2D eigenvalue weighted by Crippen LogP contribution is 2.25. The first-order valence-corrected chi connectivity index (χ1v) is 8.32. The van der Waals surface area contributed by atoms with E-state index in [2.05, 4.69) is 4.72 Å². The van der Waals surface area contributed by atoms with Crippen LogP contribution in [0.25, 0.3) is 0 Å². The van der Waals surface area contributed by atoms with Crippen LogP contribution in [0.4, 0.5) is 4.39 Å². The van der Waals surface area contributed by atoms with Gasteiger partial charge in [-0.15, -0.1) is 0 Å². The van der Waals surface area contributed by atoms with Crippen LogP contribution in [0.3, 0.4) is 0 Å². The molecule has 5 nitrogen and oxygen atoms in total. The molecule has 0 heterocycles. The molecule has 2 rings (SSSR count). The molecule has 0 aliphatic rings. The first-order chi connectivity index (χ1) is 10.9. The second-order valence-corrected chi connectivity index (χ2v) is 6.68. The summed E-state index contributed by atoms with van der Waals surface area (Å²) in [6, 6.07) is 9.16. The van der Waals surface area contributed by atoms with Crippen molar-refractivity contribution in [2.75, 3.05) is 14.2 Å². The van der Waals surface area contributed by atoms with E-state index in [0.717, 1.165) is 5.56 Å². The highest BCUT2D eigenvalue weighted by atomic mass is 32.2. The molecule has 0 amide bonds. The molecule has 0 unspecified atom stereocenters. The molecule has 0 saturated carbocycles. The summed E-state index contributed by atoms with van der Waals surface area (Å²) in [5.41, 5.74) is 1.28. The Morgan fingerprint density at radius 2 is 1.70 bits per heavy atom. The molecule has 0 bridgehead atoms. The first-order valence-electron chi connectivity index (χ1n) is 6.84. The Morgan fingerprint density at radius 1 is 1.04 bits per heavy atom. The van der Waals surface area contributed by atoms with Crippen LogP contribution in [0.2, 0.25) is 0 Å². The summed E-state index contributed by atoms with van der Waals surface area (Å²) in [7, 11) is -1.01. The van der Waals surface area contributed by atoms with Crippen LogP contribution < -0.4 is 14.2 Å². The largest absolute Gasteiger partial charge is 0.495 e. The molecule has 0 atom stereocenters. The molecule has 2 aromatic carbocycles. The second kappa shape index (κ2) is 6.97. The van der Waals surface area contributed by atoms with E-state index in [9.17, 15) is 12.8 Å². The summed E-state index contributed by atoms with van der Waals surface area (Å²) in [6.45, 7) is 1.75. The molecule has 0 aliphatic carbocycles. The fraction of sp³-hybridized carbons (Fsp3) is 0.250. The second-order valence-electron chi connectivity index (χ2n) is 4.95. The van der Waals surface area contributed by atoms with Gasteiger partial charge in [-0.2, -0.15) is 0 Å². The van der Waals surface area contributed by atoms with E-state index in [1.807, 2.05) is 0 Å². The van der Waals surface area contributed by atoms with Gasteiger partial charge in [-0.25, -0.2) is 17.5 Å². The zero-order valence-corrected chi connectivity index (χ0v) is 13.9. The summed E-state index contributed by atoms with van der Waals surface area (Å²) >= 11 is 0. The SMILES string of the molecule is COc1ccc(CNS(=O)(=O)c2cc(C)ccc2OC)cc1F. The van der Waals surface area contributed by atoms with Gasteiger partial charge in [0.2, 0.25) is 10.0 Å². The minimum absolute atomic E-state index is 0.0413. The average Bonchev–Trinajstić information content (AvgIpc) is 2.53. The predicted molar refractivity (Wildman–Crippen MR) is 84.7 cm³/mol. The Kier molecular flexibility index (Phi) is 5.23. The number of hydrogen-bond acceptors (Lipinski definition) is 4. The van der Waals surface area contributed by atoms with Crippen molar-refractivity contribution in [1.82, 2.24) is 4.72 Å². The Morgan fingerprint density at radius 3 is 2.30 bits per heavy atom. The van der Waals surface area contributed by atoms with Gasteiger partial charge >= 0.3 is 0 Å². The van der Waals surface area contributed by atoms with E-state index in [-0.39, 0.29) is 22.9 Å². The number of hydrogen-bond donors (Lipinski definition) is 1. The molecule has 0 radical (unpaired) electrons. The summed E-state index contributed by atoms with van der Waals surface area (Å²) in [6.07, 6.45) is 0. The van der Waals surface area contributed by atoms with Gasteiger partial charge < -0.3 is 9.47 Å². The smallest absolute Gasteiger partial charge is 0.244 e. The molecule has 1 N–H and O–H groups in total. The zero-order valence-electron chi connectivity index (χ0n) is 13.1. The van der Waals surface area contributed by atoms with E-state index < -0.39 is 15.8 Å². The number of methoxy groups -OCH3 is 2. The monoisotopic (exact) mass is 339 g/mol. The van der Waals surface area contributed by atoms with E-state index in [4.69, 9.17) is 9.47 Å². The molecule has 0 aromatic heterocycles. The Bertz CT molecular complexity index is 806. The van der Waals surface area contributed by atoms with Gasteiger partial charge in [-0.05, 0) is 42.3 Å². The number of benzene rings is 2. The van der Waals surface area contributed by atoms with E-state index in [1.54, 1.807) is 25.1 Å². The van der Waals surface area contributed by atoms with E-state index in [0.29, 0.717) is 5.56 Å². The van der Waals surface area contributed by atoms with Crippen LogP contribution >= 0.6 is 0 Å². The quantitative estimate of drug-likeness (QED) is 0.879. The molecular weight excluding hydrogens is 321 g/mol. The maximum atomic E-state index is 13.6. The molecule has 0 saturated heterocycles. The van der Waals surface area contributed by atoms with Crippen molar-refractivity contribution in [2.24, 2.45) is 0 Å². The molecule has 0 aliphatic heterocycles. The average molecular weight is 339 g/mol. The minimum Gasteiger partial charge on any atom is -0.495 e. The van der Waals surface area contributed by atoms with Crippen molar-refractivity contribution in [1.29, 1.82) is 0 Å². The lowest BCUT2D eigenvalue weighted by atomic mass is 10.2. The third-order valence-electron chi connectivity index (χ3n) is 3.29. The standard InChI is InChI=1S/C16H18FNO4S/c1-11-4-6-15(22-3)16(8-11)23(19,20)18-10-12-5-7-14(21-2)13(17)9-12/h4-9,18H,10H2,1-3H3. The lowest BCUT2D eigenvalue weighted by molar-refractivity contribution is 0.386. The fourth-order valence-electron chi connectivity index (χ4n) is 2.07. The maximum Gasteiger partial charge on any atom is 0.244 e. The predicted octanol–water partition coefficient (Wildman–Crippen LogP) is 2.63. The normalized spacial score (nSPS) is 11.3. The zero-order chi connectivity index (χ0) is 17.0. The van der Waals surface area contributed by atoms with Crippen LogP contribution in [0.1, 0.15) is 11.1 Å². The Labute approximate surface area is 135 Å². The van der Waals surface area contributed by atoms with Crippen LogP contribution in [0, 0.1) is 12.7 Å². The molecule has 7 heteroatoms. The number of nitrogens with one attached hydrogen (secondary N) is 1. The van der Waals surface area contributed by atoms with E-state index in [1.165, 1.54) is 32.4 Å². The summed E-state index contributed by atoms with van der Waals surface area (Å²) in [5, 5.41) is 0. The van der Waals surface area contributed by atoms with Crippen molar-refractivity contribution < 1.29 is 22.3 Å². The van der Waals surface area contributed by atoms with Crippen molar-refractivity contribution in [3.05, 3.63) is 53.3 Å². The van der Waals surface area contributed by atoms with Crippen molar-refractivity contribution >= 4 is 10.0 Å². The molecule has 124 valence electrons. The minimum atomic E-state index is -3.78. The van der Waals surface area contributed by atoms with Crippen molar-refractivity contribution in [3.8, 4) is 11.5 Å². The summed E-state index contributed by atoms with van der Waals surface area (Å²) in [4.78, 5) is 0.0500. The van der Waals surface area contributed by atoms with Gasteiger partial charge in [0.1, 0.15) is 10.6 Å². The van der Waals surface area contributed by atoms with Gasteiger partial charge in [-0.1, -0.05) is 12.1 Å². The number of rotatable bonds is 6. The van der Waals surface area contributed by atoms with Crippen LogP contribution in [-0.4, -0.2) is 22.6 Å². The van der Waals surface area contributed by atoms with Gasteiger partial charge in [0.15, 0.2) is 11.6 Å². The van der Waals surface area contributed by atoms with Gasteiger partial charge in [-0.3, -0.25) is 0 Å². The highest BCUT2D eigenvalue weighted by Gasteiger charge is 2.19. The molecule has 23 heavy (non-hydrogen) atoms. The van der Waals surface area contributed by atoms with Gasteiger partial charge in [0.05, 0.1) is 14.2 Å². The highest BCUT2D eigenvalue weighted by molar-refractivity contribution is 7.89. The maximum absolute atomic E-state index is 13.6. The Balaban J connectivity index is 2.22. The Hall–Kier alpha value is -2.12. The number of sulfonamides is 1. The summed E-state index contributed by atoms with van der Waals surface area (Å²) in [5.74, 6) is -0.182. The third kappa shape index (κ3) is 4.00. The van der Waals surface area contributed by atoms with Gasteiger partial charge in [0, 0.05) is 6.54 Å². The van der Waals surface area contributed by atoms with Crippen LogP contribution in [0.5, 0.6) is 11.5 Å². The van der Waals surface area contributed by atoms with E-state index >= 15 is 0 Å². The fourth-order valence-corrected chi connectivity index (χ4v) is 3.34. The molecular formula is C16H18FNO4S. The third-order valence-corrected chi connectivity index (χ3v) is 4.71. The number of aryl methyl sites for hydroxylation is 1. The lowest BCUT2D eigenvalue weighted by Gasteiger charge is -2.12. The van der Waals surface area contributed by atoms with Gasteiger partial charge in [0.25, 0.3) is 0 Å². The van der Waals surface area contributed by atoms with Crippen molar-refractivity contribution in [3.63, 3.8) is 0 Å². The topological polar surface area (TPSA) is 64.6 Å². The molecule has 2 aromatic rings. The van der Waals surface area contributed by atoms with Crippen LogP contribution in [-0.2, 0) is 16.6 Å². The van der Waals surface area contributed by atoms with Crippen LogP contribution in [0.15, 0.2) is 41.3 Å².